The Morgan fingerprint density at radius 3 is 2.70 bits per heavy atom. The summed E-state index contributed by atoms with van der Waals surface area (Å²) in [5.74, 6) is 0.851. The summed E-state index contributed by atoms with van der Waals surface area (Å²) in [6, 6.07) is 9.52. The first-order chi connectivity index (χ1) is 14.2. The monoisotopic (exact) mass is 491 g/mol. The number of aromatic nitrogens is 2. The van der Waals surface area contributed by atoms with Gasteiger partial charge in [-0.3, -0.25) is 0 Å². The van der Waals surface area contributed by atoms with Crippen LogP contribution in [0.3, 0.4) is 0 Å². The van der Waals surface area contributed by atoms with Crippen molar-refractivity contribution >= 4 is 50.3 Å². The molecule has 30 heavy (non-hydrogen) atoms. The maximum Gasteiger partial charge on any atom is 0.419 e. The van der Waals surface area contributed by atoms with Gasteiger partial charge in [-0.1, -0.05) is 11.6 Å². The van der Waals surface area contributed by atoms with Gasteiger partial charge in [-0.05, 0) is 73.5 Å². The number of hydrogen-bond donors (Lipinski definition) is 0. The molecule has 0 bridgehead atoms. The van der Waals surface area contributed by atoms with Crippen molar-refractivity contribution in [2.24, 2.45) is 0 Å². The number of benzene rings is 1. The number of pyridine rings is 1. The molecule has 0 amide bonds. The second-order valence-electron chi connectivity index (χ2n) is 8.23. The quantitative estimate of drug-likeness (QED) is 0.433. The number of anilines is 1. The Morgan fingerprint density at radius 1 is 1.27 bits per heavy atom. The van der Waals surface area contributed by atoms with Crippen molar-refractivity contribution < 1.29 is 14.3 Å². The standard InChI is InChI=1S/C22H23BrClN3O3/c1-22(2,3)30-21(28)27-18(10-15-9-16(23)17(24)11-19(15)27)14-5-6-20(25-12-14)26-7-4-8-29-13-26/h5-6,9-12H,4,7-8,13H2,1-3H3. The Balaban J connectivity index is 1.79. The summed E-state index contributed by atoms with van der Waals surface area (Å²) in [5.41, 5.74) is 1.56. The maximum atomic E-state index is 13.1. The lowest BCUT2D eigenvalue weighted by Crippen LogP contribution is -2.33. The number of nitrogens with zero attached hydrogens (tertiary/aromatic N) is 3. The van der Waals surface area contributed by atoms with E-state index in [9.17, 15) is 4.79 Å². The summed E-state index contributed by atoms with van der Waals surface area (Å²) >= 11 is 9.78. The van der Waals surface area contributed by atoms with Crippen LogP contribution in [0.4, 0.5) is 10.6 Å². The topological polar surface area (TPSA) is 56.6 Å². The molecule has 0 saturated carbocycles. The van der Waals surface area contributed by atoms with E-state index in [-0.39, 0.29) is 0 Å². The molecular weight excluding hydrogens is 470 g/mol. The zero-order valence-electron chi connectivity index (χ0n) is 17.1. The van der Waals surface area contributed by atoms with E-state index in [1.165, 1.54) is 0 Å². The molecule has 0 radical (unpaired) electrons. The van der Waals surface area contributed by atoms with Crippen molar-refractivity contribution in [3.05, 3.63) is 46.0 Å². The van der Waals surface area contributed by atoms with Crippen molar-refractivity contribution in [2.45, 2.75) is 32.8 Å². The highest BCUT2D eigenvalue weighted by molar-refractivity contribution is 9.10. The van der Waals surface area contributed by atoms with Crippen LogP contribution in [-0.4, -0.2) is 41.1 Å². The third kappa shape index (κ3) is 4.33. The first-order valence-corrected chi connectivity index (χ1v) is 10.9. The van der Waals surface area contributed by atoms with Gasteiger partial charge >= 0.3 is 6.09 Å². The zero-order chi connectivity index (χ0) is 21.5. The highest BCUT2D eigenvalue weighted by atomic mass is 79.9. The molecule has 1 fully saturated rings. The van der Waals surface area contributed by atoms with E-state index >= 15 is 0 Å². The van der Waals surface area contributed by atoms with Gasteiger partial charge in [0.1, 0.15) is 18.1 Å². The van der Waals surface area contributed by atoms with E-state index in [0.29, 0.717) is 23.0 Å². The summed E-state index contributed by atoms with van der Waals surface area (Å²) in [5, 5.41) is 1.40. The van der Waals surface area contributed by atoms with Gasteiger partial charge in [-0.25, -0.2) is 14.3 Å². The highest BCUT2D eigenvalue weighted by Crippen LogP contribution is 2.34. The minimum atomic E-state index is -0.625. The van der Waals surface area contributed by atoms with Crippen molar-refractivity contribution in [3.63, 3.8) is 0 Å². The smallest absolute Gasteiger partial charge is 0.419 e. The lowest BCUT2D eigenvalue weighted by atomic mass is 10.2. The van der Waals surface area contributed by atoms with Gasteiger partial charge in [0.15, 0.2) is 0 Å². The lowest BCUT2D eigenvalue weighted by Gasteiger charge is -2.27. The van der Waals surface area contributed by atoms with Crippen LogP contribution in [-0.2, 0) is 9.47 Å². The Morgan fingerprint density at radius 2 is 2.07 bits per heavy atom. The van der Waals surface area contributed by atoms with Crippen LogP contribution < -0.4 is 4.90 Å². The molecule has 3 aromatic rings. The molecule has 1 aliphatic heterocycles. The molecule has 3 heterocycles. The number of ether oxygens (including phenoxy) is 2. The minimum absolute atomic E-state index is 0.459. The van der Waals surface area contributed by atoms with E-state index in [1.54, 1.807) is 16.8 Å². The van der Waals surface area contributed by atoms with Crippen molar-refractivity contribution in [3.8, 4) is 11.3 Å². The van der Waals surface area contributed by atoms with Crippen LogP contribution in [0.25, 0.3) is 22.2 Å². The number of fused-ring (bicyclic) bond motifs is 1. The predicted octanol–water partition coefficient (Wildman–Crippen LogP) is 6.09. The van der Waals surface area contributed by atoms with Gasteiger partial charge in [-0.15, -0.1) is 0 Å². The SMILES string of the molecule is CC(C)(C)OC(=O)n1c(-c2ccc(N3CCCOC3)nc2)cc2cc(Br)c(Cl)cc21. The Kier molecular flexibility index (Phi) is 5.79. The van der Waals surface area contributed by atoms with Crippen LogP contribution in [0.5, 0.6) is 0 Å². The van der Waals surface area contributed by atoms with Crippen molar-refractivity contribution in [2.75, 3.05) is 24.8 Å². The average Bonchev–Trinajstić information content (AvgIpc) is 3.06. The van der Waals surface area contributed by atoms with E-state index in [1.807, 2.05) is 45.0 Å². The fourth-order valence-electron chi connectivity index (χ4n) is 3.42. The number of hydrogen-bond acceptors (Lipinski definition) is 5. The summed E-state index contributed by atoms with van der Waals surface area (Å²) in [7, 11) is 0. The predicted molar refractivity (Wildman–Crippen MR) is 122 cm³/mol. The molecule has 1 saturated heterocycles. The van der Waals surface area contributed by atoms with Gasteiger partial charge < -0.3 is 14.4 Å². The normalized spacial score (nSPS) is 14.9. The number of rotatable bonds is 2. The van der Waals surface area contributed by atoms with Crippen LogP contribution in [0, 0.1) is 0 Å². The Bertz CT molecular complexity index is 1080. The van der Waals surface area contributed by atoms with Crippen LogP contribution in [0.15, 0.2) is 41.0 Å². The van der Waals surface area contributed by atoms with Crippen LogP contribution >= 0.6 is 27.5 Å². The molecule has 1 aromatic carbocycles. The van der Waals surface area contributed by atoms with Gasteiger partial charge in [0.2, 0.25) is 0 Å². The second kappa shape index (κ2) is 8.21. The summed E-state index contributed by atoms with van der Waals surface area (Å²) < 4.78 is 13.5. The number of carbonyl (C=O) groups is 1. The fraction of sp³-hybridized carbons (Fsp3) is 0.364. The molecule has 0 spiro atoms. The zero-order valence-corrected chi connectivity index (χ0v) is 19.5. The minimum Gasteiger partial charge on any atom is -0.443 e. The first kappa shape index (κ1) is 21.2. The fourth-order valence-corrected chi connectivity index (χ4v) is 3.94. The Labute approximate surface area is 188 Å². The van der Waals surface area contributed by atoms with Crippen LogP contribution in [0.1, 0.15) is 27.2 Å². The molecule has 8 heteroatoms. The summed E-state index contributed by atoms with van der Waals surface area (Å²) in [6.07, 6.45) is 2.29. The number of carbonyl (C=O) groups excluding carboxylic acids is 1. The van der Waals surface area contributed by atoms with Gasteiger partial charge in [0, 0.05) is 28.2 Å². The van der Waals surface area contributed by atoms with Crippen molar-refractivity contribution in [1.82, 2.24) is 9.55 Å². The lowest BCUT2D eigenvalue weighted by molar-refractivity contribution is 0.0547. The summed E-state index contributed by atoms with van der Waals surface area (Å²) in [4.78, 5) is 19.8. The maximum absolute atomic E-state index is 13.1. The third-order valence-electron chi connectivity index (χ3n) is 4.75. The molecule has 0 N–H and O–H groups in total. The van der Waals surface area contributed by atoms with Gasteiger partial charge in [0.05, 0.1) is 22.8 Å². The highest BCUT2D eigenvalue weighted by Gasteiger charge is 2.24. The largest absolute Gasteiger partial charge is 0.443 e. The van der Waals surface area contributed by atoms with E-state index < -0.39 is 11.7 Å². The first-order valence-electron chi connectivity index (χ1n) is 9.76. The molecule has 0 aliphatic carbocycles. The summed E-state index contributed by atoms with van der Waals surface area (Å²) in [6.45, 7) is 7.77. The van der Waals surface area contributed by atoms with E-state index in [2.05, 4.69) is 25.8 Å². The molecule has 0 unspecified atom stereocenters. The molecule has 2 aromatic heterocycles. The van der Waals surface area contributed by atoms with Gasteiger partial charge in [0.25, 0.3) is 0 Å². The van der Waals surface area contributed by atoms with E-state index in [0.717, 1.165) is 40.8 Å². The number of halogens is 2. The van der Waals surface area contributed by atoms with Crippen LogP contribution in [0.2, 0.25) is 5.02 Å². The molecule has 1 aliphatic rings. The molecule has 4 rings (SSSR count). The third-order valence-corrected chi connectivity index (χ3v) is 5.95. The second-order valence-corrected chi connectivity index (χ2v) is 9.49. The average molecular weight is 493 g/mol. The molecule has 158 valence electrons. The molecule has 6 nitrogen and oxygen atoms in total. The molecular formula is C22H23BrClN3O3. The van der Waals surface area contributed by atoms with E-state index in [4.69, 9.17) is 21.1 Å². The Hall–Kier alpha value is -2.09. The van der Waals surface area contributed by atoms with Gasteiger partial charge in [-0.2, -0.15) is 0 Å². The molecule has 0 atom stereocenters. The van der Waals surface area contributed by atoms with Crippen molar-refractivity contribution in [1.29, 1.82) is 0 Å².